The van der Waals surface area contributed by atoms with Gasteiger partial charge in [0.2, 0.25) is 5.91 Å². The van der Waals surface area contributed by atoms with Gasteiger partial charge in [0.1, 0.15) is 12.6 Å². The van der Waals surface area contributed by atoms with Gasteiger partial charge in [0.15, 0.2) is 0 Å². The molecule has 1 amide bonds. The van der Waals surface area contributed by atoms with Crippen LogP contribution in [0.25, 0.3) is 0 Å². The first kappa shape index (κ1) is 11.0. The molecule has 1 N–H and O–H groups in total. The van der Waals surface area contributed by atoms with E-state index in [0.717, 1.165) is 0 Å². The molecule has 2 aromatic rings. The van der Waals surface area contributed by atoms with Crippen LogP contribution in [0.1, 0.15) is 5.56 Å². The van der Waals surface area contributed by atoms with Gasteiger partial charge >= 0.3 is 0 Å². The van der Waals surface area contributed by atoms with Crippen LogP contribution in [0.4, 0.5) is 5.69 Å². The Morgan fingerprint density at radius 1 is 1.24 bits per heavy atom. The second-order valence-corrected chi connectivity index (χ2v) is 3.56. The molecular formula is C13H11N3O. The molecule has 0 bridgehead atoms. The van der Waals surface area contributed by atoms with Crippen molar-refractivity contribution in [3.8, 4) is 6.07 Å². The number of amides is 1. The lowest BCUT2D eigenvalue weighted by molar-refractivity contribution is -0.116. The number of nitriles is 1. The van der Waals surface area contributed by atoms with E-state index in [4.69, 9.17) is 5.26 Å². The van der Waals surface area contributed by atoms with E-state index in [-0.39, 0.29) is 12.5 Å². The van der Waals surface area contributed by atoms with Crippen LogP contribution in [0.5, 0.6) is 0 Å². The average Bonchev–Trinajstić information content (AvgIpc) is 2.82. The predicted molar refractivity (Wildman–Crippen MR) is 64.2 cm³/mol. The smallest absolute Gasteiger partial charge is 0.244 e. The Bertz CT molecular complexity index is 552. The maximum absolute atomic E-state index is 11.7. The number of hydrogen-bond acceptors (Lipinski definition) is 2. The molecule has 0 aliphatic rings. The number of aromatic nitrogens is 1. The highest BCUT2D eigenvalue weighted by Crippen LogP contribution is 2.13. The highest BCUT2D eigenvalue weighted by molar-refractivity contribution is 5.91. The number of nitrogens with zero attached hydrogens (tertiary/aromatic N) is 2. The van der Waals surface area contributed by atoms with E-state index in [1.165, 1.54) is 0 Å². The summed E-state index contributed by atoms with van der Waals surface area (Å²) in [6, 6.07) is 12.7. The molecule has 0 saturated carbocycles. The molecule has 1 heterocycles. The Morgan fingerprint density at radius 3 is 2.65 bits per heavy atom. The summed E-state index contributed by atoms with van der Waals surface area (Å²) in [7, 11) is 0. The number of nitrogens with one attached hydrogen (secondary N) is 1. The van der Waals surface area contributed by atoms with Crippen molar-refractivity contribution in [3.63, 3.8) is 0 Å². The molecule has 1 aromatic heterocycles. The summed E-state index contributed by atoms with van der Waals surface area (Å²) in [6.07, 6.45) is 3.63. The molecule has 0 spiro atoms. The molecule has 84 valence electrons. The fourth-order valence-electron chi connectivity index (χ4n) is 1.52. The quantitative estimate of drug-likeness (QED) is 0.868. The lowest BCUT2D eigenvalue weighted by Crippen LogP contribution is -2.18. The van der Waals surface area contributed by atoms with Crippen LogP contribution in [0.15, 0.2) is 48.8 Å². The summed E-state index contributed by atoms with van der Waals surface area (Å²) in [5, 5.41) is 11.6. The third kappa shape index (κ3) is 2.73. The summed E-state index contributed by atoms with van der Waals surface area (Å²) < 4.78 is 1.77. The Hall–Kier alpha value is -2.54. The maximum atomic E-state index is 11.7. The van der Waals surface area contributed by atoms with Gasteiger partial charge < -0.3 is 9.88 Å². The van der Waals surface area contributed by atoms with Gasteiger partial charge in [-0.25, -0.2) is 0 Å². The molecule has 0 saturated heterocycles. The van der Waals surface area contributed by atoms with Gasteiger partial charge in [-0.05, 0) is 24.3 Å². The van der Waals surface area contributed by atoms with Crippen molar-refractivity contribution in [2.45, 2.75) is 6.54 Å². The van der Waals surface area contributed by atoms with E-state index < -0.39 is 0 Å². The number of para-hydroxylation sites is 1. The van der Waals surface area contributed by atoms with Crippen LogP contribution in [0, 0.1) is 11.3 Å². The molecule has 4 nitrogen and oxygen atoms in total. The number of carbonyl (C=O) groups excluding carboxylic acids is 1. The summed E-state index contributed by atoms with van der Waals surface area (Å²) in [6.45, 7) is 0.243. The Balaban J connectivity index is 2.06. The molecule has 1 aromatic carbocycles. The minimum Gasteiger partial charge on any atom is -0.345 e. The number of anilines is 1. The standard InChI is InChI=1S/C13H11N3O/c14-9-11-5-1-2-6-12(11)15-13(17)10-16-7-3-4-8-16/h1-8H,10H2,(H,15,17). The predicted octanol–water partition coefficient (Wildman–Crippen LogP) is 2.00. The lowest BCUT2D eigenvalue weighted by Gasteiger charge is -2.07. The van der Waals surface area contributed by atoms with E-state index in [0.29, 0.717) is 11.3 Å². The van der Waals surface area contributed by atoms with Gasteiger partial charge in [0, 0.05) is 12.4 Å². The van der Waals surface area contributed by atoms with Crippen molar-refractivity contribution in [2.24, 2.45) is 0 Å². The number of carbonyl (C=O) groups is 1. The number of rotatable bonds is 3. The van der Waals surface area contributed by atoms with Crippen LogP contribution < -0.4 is 5.32 Å². The van der Waals surface area contributed by atoms with Gasteiger partial charge in [-0.2, -0.15) is 5.26 Å². The molecular weight excluding hydrogens is 214 g/mol. The van der Waals surface area contributed by atoms with Crippen molar-refractivity contribution in [2.75, 3.05) is 5.32 Å². The van der Waals surface area contributed by atoms with Crippen molar-refractivity contribution >= 4 is 11.6 Å². The van der Waals surface area contributed by atoms with Crippen molar-refractivity contribution in [1.82, 2.24) is 4.57 Å². The minimum atomic E-state index is -0.149. The molecule has 0 aliphatic carbocycles. The van der Waals surface area contributed by atoms with Crippen molar-refractivity contribution < 1.29 is 4.79 Å². The second-order valence-electron chi connectivity index (χ2n) is 3.56. The maximum Gasteiger partial charge on any atom is 0.244 e. The first-order valence-electron chi connectivity index (χ1n) is 5.19. The van der Waals surface area contributed by atoms with E-state index in [9.17, 15) is 4.79 Å². The Morgan fingerprint density at radius 2 is 1.94 bits per heavy atom. The zero-order chi connectivity index (χ0) is 12.1. The monoisotopic (exact) mass is 225 g/mol. The van der Waals surface area contributed by atoms with Crippen LogP contribution in [0.3, 0.4) is 0 Å². The summed E-state index contributed by atoms with van der Waals surface area (Å²) in [4.78, 5) is 11.7. The number of hydrogen-bond donors (Lipinski definition) is 1. The van der Waals surface area contributed by atoms with E-state index in [1.54, 1.807) is 28.8 Å². The number of benzene rings is 1. The SMILES string of the molecule is N#Cc1ccccc1NC(=O)Cn1cccc1. The van der Waals surface area contributed by atoms with Crippen LogP contribution in [-0.2, 0) is 11.3 Å². The Kier molecular flexibility index (Phi) is 3.22. The molecule has 0 fully saturated rings. The first-order valence-corrected chi connectivity index (χ1v) is 5.19. The third-order valence-electron chi connectivity index (χ3n) is 2.31. The fraction of sp³-hybridized carbons (Fsp3) is 0.0769. The molecule has 17 heavy (non-hydrogen) atoms. The molecule has 2 rings (SSSR count). The van der Waals surface area contributed by atoms with Crippen molar-refractivity contribution in [3.05, 3.63) is 54.4 Å². The zero-order valence-electron chi connectivity index (χ0n) is 9.13. The van der Waals surface area contributed by atoms with Crippen LogP contribution in [0.2, 0.25) is 0 Å². The Labute approximate surface area is 99.1 Å². The molecule has 4 heteroatoms. The highest BCUT2D eigenvalue weighted by atomic mass is 16.1. The topological polar surface area (TPSA) is 57.8 Å². The van der Waals surface area contributed by atoms with Gasteiger partial charge in [-0.1, -0.05) is 12.1 Å². The van der Waals surface area contributed by atoms with E-state index in [1.807, 2.05) is 30.6 Å². The molecule has 0 aliphatic heterocycles. The van der Waals surface area contributed by atoms with Crippen molar-refractivity contribution in [1.29, 1.82) is 5.26 Å². The molecule has 0 unspecified atom stereocenters. The van der Waals surface area contributed by atoms with Gasteiger partial charge in [0.25, 0.3) is 0 Å². The van der Waals surface area contributed by atoms with Gasteiger partial charge in [-0.15, -0.1) is 0 Å². The zero-order valence-corrected chi connectivity index (χ0v) is 9.13. The van der Waals surface area contributed by atoms with E-state index in [2.05, 4.69) is 5.32 Å². The first-order chi connectivity index (χ1) is 8.29. The molecule has 0 atom stereocenters. The normalized spacial score (nSPS) is 9.59. The average molecular weight is 225 g/mol. The van der Waals surface area contributed by atoms with E-state index >= 15 is 0 Å². The highest BCUT2D eigenvalue weighted by Gasteiger charge is 2.05. The lowest BCUT2D eigenvalue weighted by atomic mass is 10.2. The summed E-state index contributed by atoms with van der Waals surface area (Å²) >= 11 is 0. The minimum absolute atomic E-state index is 0.149. The van der Waals surface area contributed by atoms with Gasteiger partial charge in [0.05, 0.1) is 11.3 Å². The van der Waals surface area contributed by atoms with Gasteiger partial charge in [-0.3, -0.25) is 4.79 Å². The summed E-state index contributed by atoms with van der Waals surface area (Å²) in [5.74, 6) is -0.149. The summed E-state index contributed by atoms with van der Waals surface area (Å²) in [5.41, 5.74) is 1.01. The van der Waals surface area contributed by atoms with Crippen LogP contribution >= 0.6 is 0 Å². The largest absolute Gasteiger partial charge is 0.345 e. The third-order valence-corrected chi connectivity index (χ3v) is 2.31. The molecule has 0 radical (unpaired) electrons. The second kappa shape index (κ2) is 4.99. The van der Waals surface area contributed by atoms with Crippen LogP contribution in [-0.4, -0.2) is 10.5 Å². The fourth-order valence-corrected chi connectivity index (χ4v) is 1.52.